The van der Waals surface area contributed by atoms with Gasteiger partial charge in [-0.25, -0.2) is 0 Å². The monoisotopic (exact) mass is 331 g/mol. The highest BCUT2D eigenvalue weighted by molar-refractivity contribution is 5.92. The quantitative estimate of drug-likeness (QED) is 0.809. The van der Waals surface area contributed by atoms with Gasteiger partial charge in [0.25, 0.3) is 0 Å². The van der Waals surface area contributed by atoms with Gasteiger partial charge in [0.2, 0.25) is 11.8 Å². The van der Waals surface area contributed by atoms with Crippen molar-refractivity contribution in [3.05, 3.63) is 30.1 Å². The van der Waals surface area contributed by atoms with Crippen LogP contribution >= 0.6 is 0 Å². The van der Waals surface area contributed by atoms with Gasteiger partial charge in [0.1, 0.15) is 0 Å². The van der Waals surface area contributed by atoms with Crippen molar-refractivity contribution >= 4 is 11.8 Å². The molecule has 1 saturated heterocycles. The molecule has 2 aliphatic rings. The molecule has 1 N–H and O–H groups in total. The summed E-state index contributed by atoms with van der Waals surface area (Å²) in [5.41, 5.74) is 1.16. The average molecular weight is 331 g/mol. The summed E-state index contributed by atoms with van der Waals surface area (Å²) < 4.78 is 5.50. The molecule has 6 heteroatoms. The van der Waals surface area contributed by atoms with E-state index in [4.69, 9.17) is 4.74 Å². The molecular formula is C18H25N3O3. The van der Waals surface area contributed by atoms with E-state index >= 15 is 0 Å². The smallest absolute Gasteiger partial charge is 0.226 e. The van der Waals surface area contributed by atoms with E-state index in [0.717, 1.165) is 31.4 Å². The Morgan fingerprint density at radius 1 is 1.33 bits per heavy atom. The van der Waals surface area contributed by atoms with Crippen molar-refractivity contribution < 1.29 is 14.3 Å². The highest BCUT2D eigenvalue weighted by Gasteiger charge is 2.48. The molecule has 1 saturated carbocycles. The van der Waals surface area contributed by atoms with Gasteiger partial charge >= 0.3 is 0 Å². The molecule has 24 heavy (non-hydrogen) atoms. The molecule has 2 amide bonds. The maximum Gasteiger partial charge on any atom is 0.226 e. The summed E-state index contributed by atoms with van der Waals surface area (Å²) in [7, 11) is 1.81. The van der Waals surface area contributed by atoms with E-state index in [2.05, 4.69) is 10.3 Å². The molecule has 1 aliphatic carbocycles. The largest absolute Gasteiger partial charge is 0.376 e. The van der Waals surface area contributed by atoms with Gasteiger partial charge in [-0.15, -0.1) is 0 Å². The Balaban J connectivity index is 1.38. The highest BCUT2D eigenvalue weighted by atomic mass is 16.5. The number of hydrogen-bond donors (Lipinski definition) is 1. The summed E-state index contributed by atoms with van der Waals surface area (Å²) in [6.45, 7) is 2.01. The normalized spacial score (nSPS) is 25.3. The first kappa shape index (κ1) is 16.9. The Hall–Kier alpha value is -1.95. The number of rotatable bonds is 7. The van der Waals surface area contributed by atoms with Crippen LogP contribution in [0.1, 0.15) is 24.8 Å². The molecule has 3 unspecified atom stereocenters. The van der Waals surface area contributed by atoms with Crippen molar-refractivity contribution in [2.45, 2.75) is 31.8 Å². The first-order valence-electron chi connectivity index (χ1n) is 8.68. The number of carbonyl (C=O) groups is 2. The predicted octanol–water partition coefficient (Wildman–Crippen LogP) is 1.01. The van der Waals surface area contributed by atoms with Crippen molar-refractivity contribution in [1.82, 2.24) is 15.2 Å². The van der Waals surface area contributed by atoms with Gasteiger partial charge in [0, 0.05) is 39.1 Å². The van der Waals surface area contributed by atoms with Crippen LogP contribution in [-0.2, 0) is 20.7 Å². The number of nitrogens with one attached hydrogen (secondary N) is 1. The molecule has 1 aromatic rings. The van der Waals surface area contributed by atoms with E-state index in [1.807, 2.05) is 19.2 Å². The van der Waals surface area contributed by atoms with E-state index in [1.54, 1.807) is 17.3 Å². The van der Waals surface area contributed by atoms with E-state index in [-0.39, 0.29) is 29.8 Å². The van der Waals surface area contributed by atoms with Gasteiger partial charge in [-0.1, -0.05) is 0 Å². The van der Waals surface area contributed by atoms with Crippen LogP contribution < -0.4 is 5.32 Å². The summed E-state index contributed by atoms with van der Waals surface area (Å²) in [5.74, 6) is -0.257. The summed E-state index contributed by atoms with van der Waals surface area (Å²) in [4.78, 5) is 30.3. The molecule has 130 valence electrons. The molecule has 6 nitrogen and oxygen atoms in total. The maximum absolute atomic E-state index is 12.4. The van der Waals surface area contributed by atoms with Crippen LogP contribution in [0, 0.1) is 11.8 Å². The molecule has 2 fully saturated rings. The third-order valence-corrected chi connectivity index (χ3v) is 4.83. The number of likely N-dealkylation sites (N-methyl/N-ethyl adjacent to an activating group) is 1. The molecule has 0 aromatic carbocycles. The predicted molar refractivity (Wildman–Crippen MR) is 89.2 cm³/mol. The van der Waals surface area contributed by atoms with Crippen molar-refractivity contribution in [3.63, 3.8) is 0 Å². The Morgan fingerprint density at radius 3 is 2.83 bits per heavy atom. The molecular weight excluding hydrogens is 306 g/mol. The van der Waals surface area contributed by atoms with Crippen molar-refractivity contribution in [2.24, 2.45) is 11.8 Å². The van der Waals surface area contributed by atoms with Crippen molar-refractivity contribution in [1.29, 1.82) is 0 Å². The van der Waals surface area contributed by atoms with Gasteiger partial charge in [0.05, 0.1) is 17.9 Å². The zero-order valence-electron chi connectivity index (χ0n) is 14.1. The Labute approximate surface area is 142 Å². The summed E-state index contributed by atoms with van der Waals surface area (Å²) in [5, 5.41) is 2.93. The van der Waals surface area contributed by atoms with Crippen LogP contribution in [0.4, 0.5) is 0 Å². The van der Waals surface area contributed by atoms with Crippen LogP contribution in [0.2, 0.25) is 0 Å². The van der Waals surface area contributed by atoms with Crippen molar-refractivity contribution in [2.75, 3.05) is 26.7 Å². The van der Waals surface area contributed by atoms with Crippen LogP contribution in [0.25, 0.3) is 0 Å². The van der Waals surface area contributed by atoms with E-state index < -0.39 is 0 Å². The fraction of sp³-hybridized carbons (Fsp3) is 0.611. The molecule has 0 radical (unpaired) electrons. The molecule has 1 aromatic heterocycles. The van der Waals surface area contributed by atoms with Gasteiger partial charge < -0.3 is 15.0 Å². The van der Waals surface area contributed by atoms with Crippen molar-refractivity contribution in [3.8, 4) is 0 Å². The first-order chi connectivity index (χ1) is 11.6. The minimum Gasteiger partial charge on any atom is -0.376 e. The third-order valence-electron chi connectivity index (χ3n) is 4.83. The minimum absolute atomic E-state index is 0.00798. The summed E-state index contributed by atoms with van der Waals surface area (Å²) in [6, 6.07) is 3.91. The van der Waals surface area contributed by atoms with Crippen LogP contribution in [-0.4, -0.2) is 54.5 Å². The molecule has 3 atom stereocenters. The summed E-state index contributed by atoms with van der Waals surface area (Å²) >= 11 is 0. The van der Waals surface area contributed by atoms with Gasteiger partial charge in [-0.2, -0.15) is 0 Å². The third kappa shape index (κ3) is 4.32. The fourth-order valence-corrected chi connectivity index (χ4v) is 3.15. The Morgan fingerprint density at radius 2 is 2.12 bits per heavy atom. The number of amides is 2. The highest BCUT2D eigenvalue weighted by Crippen LogP contribution is 2.40. The maximum atomic E-state index is 12.4. The lowest BCUT2D eigenvalue weighted by Gasteiger charge is -2.17. The Kier molecular flexibility index (Phi) is 5.45. The summed E-state index contributed by atoms with van der Waals surface area (Å²) in [6.07, 6.45) is 7.19. The standard InChI is InChI=1S/C18H25N3O3/c1-21(9-6-13-4-7-19-8-5-13)18(23)16-11-15(16)17(22)20-12-14-3-2-10-24-14/h4-5,7-8,14-16H,2-3,6,9-12H2,1H3,(H,20,22). The lowest BCUT2D eigenvalue weighted by molar-refractivity contribution is -0.133. The van der Waals surface area contributed by atoms with Gasteiger partial charge in [-0.3, -0.25) is 14.6 Å². The number of carbonyl (C=O) groups excluding carboxylic acids is 2. The van der Waals surface area contributed by atoms with E-state index in [0.29, 0.717) is 19.5 Å². The van der Waals surface area contributed by atoms with E-state index in [9.17, 15) is 9.59 Å². The zero-order valence-corrected chi connectivity index (χ0v) is 14.1. The number of hydrogen-bond acceptors (Lipinski definition) is 4. The molecule has 3 rings (SSSR count). The lowest BCUT2D eigenvalue weighted by Crippen LogP contribution is -2.35. The first-order valence-corrected chi connectivity index (χ1v) is 8.68. The number of nitrogens with zero attached hydrogens (tertiary/aromatic N) is 2. The minimum atomic E-state index is -0.165. The lowest BCUT2D eigenvalue weighted by atomic mass is 10.2. The zero-order chi connectivity index (χ0) is 16.9. The van der Waals surface area contributed by atoms with Gasteiger partial charge in [0.15, 0.2) is 0 Å². The van der Waals surface area contributed by atoms with E-state index in [1.165, 1.54) is 0 Å². The molecule has 0 bridgehead atoms. The SMILES string of the molecule is CN(CCc1ccncc1)C(=O)C1CC1C(=O)NCC1CCCO1. The van der Waals surface area contributed by atoms with Crippen LogP contribution in [0.5, 0.6) is 0 Å². The fourth-order valence-electron chi connectivity index (χ4n) is 3.15. The molecule has 1 aliphatic heterocycles. The van der Waals surface area contributed by atoms with Gasteiger partial charge in [-0.05, 0) is 43.4 Å². The van der Waals surface area contributed by atoms with Crippen LogP contribution in [0.15, 0.2) is 24.5 Å². The topological polar surface area (TPSA) is 71.5 Å². The number of ether oxygens (including phenoxy) is 1. The molecule has 0 spiro atoms. The Bertz CT molecular complexity index is 572. The number of aromatic nitrogens is 1. The second-order valence-corrected chi connectivity index (χ2v) is 6.69. The number of pyridine rings is 1. The molecule has 2 heterocycles. The second-order valence-electron chi connectivity index (χ2n) is 6.69. The average Bonchev–Trinajstić information content (AvgIpc) is 3.24. The second kappa shape index (κ2) is 7.75. The van der Waals surface area contributed by atoms with Crippen LogP contribution in [0.3, 0.4) is 0 Å².